The van der Waals surface area contributed by atoms with Crippen LogP contribution < -0.4 is 5.32 Å². The normalized spacial score (nSPS) is 15.2. The molecule has 96 valence electrons. The molecule has 1 aliphatic carbocycles. The molecule has 0 aliphatic heterocycles. The van der Waals surface area contributed by atoms with Crippen LogP contribution in [0.2, 0.25) is 0 Å². The van der Waals surface area contributed by atoms with Crippen LogP contribution in [0.3, 0.4) is 0 Å². The molecule has 3 nitrogen and oxygen atoms in total. The molecule has 1 aliphatic rings. The smallest absolute Gasteiger partial charge is 0.165 e. The van der Waals surface area contributed by atoms with Gasteiger partial charge in [-0.3, -0.25) is 0 Å². The molecule has 0 bridgehead atoms. The molecule has 1 saturated carbocycles. The Morgan fingerprint density at radius 1 is 1.50 bits per heavy atom. The lowest BCUT2D eigenvalue weighted by Gasteiger charge is -2.00. The topological polar surface area (TPSA) is 38.1 Å². The van der Waals surface area contributed by atoms with E-state index in [0.29, 0.717) is 5.92 Å². The number of hydrogen-bond donors (Lipinski definition) is 1. The number of nitrogens with zero attached hydrogens (tertiary/aromatic N) is 1. The van der Waals surface area contributed by atoms with Crippen molar-refractivity contribution in [1.29, 1.82) is 0 Å². The Morgan fingerprint density at radius 3 is 2.94 bits per heavy atom. The van der Waals surface area contributed by atoms with E-state index in [-0.39, 0.29) is 0 Å². The van der Waals surface area contributed by atoms with E-state index in [1.54, 1.807) is 17.6 Å². The molecular weight excluding hydrogens is 244 g/mol. The fraction of sp³-hybridized carbons (Fsp3) is 0.500. The molecule has 0 atom stereocenters. The lowest BCUT2D eigenvalue weighted by molar-refractivity contribution is 0.580. The van der Waals surface area contributed by atoms with Gasteiger partial charge in [0.15, 0.2) is 10.8 Å². The molecule has 2 heterocycles. The highest BCUT2D eigenvalue weighted by molar-refractivity contribution is 7.15. The summed E-state index contributed by atoms with van der Waals surface area (Å²) in [6, 6.07) is 2.00. The van der Waals surface area contributed by atoms with Gasteiger partial charge in [0, 0.05) is 17.3 Å². The van der Waals surface area contributed by atoms with Crippen molar-refractivity contribution in [1.82, 2.24) is 10.3 Å². The average Bonchev–Trinajstić information content (AvgIpc) is 2.99. The third kappa shape index (κ3) is 2.22. The molecule has 18 heavy (non-hydrogen) atoms. The second kappa shape index (κ2) is 4.86. The third-order valence-electron chi connectivity index (χ3n) is 3.28. The summed E-state index contributed by atoms with van der Waals surface area (Å²) in [5, 5.41) is 4.44. The highest BCUT2D eigenvalue weighted by Crippen LogP contribution is 2.44. The molecule has 4 heteroatoms. The number of hydrogen-bond acceptors (Lipinski definition) is 4. The van der Waals surface area contributed by atoms with E-state index in [0.717, 1.165) is 23.9 Å². The van der Waals surface area contributed by atoms with Crippen molar-refractivity contribution in [2.24, 2.45) is 0 Å². The lowest BCUT2D eigenvalue weighted by atomic mass is 10.2. The number of furan rings is 1. The number of thiazole rings is 1. The highest BCUT2D eigenvalue weighted by atomic mass is 32.1. The van der Waals surface area contributed by atoms with Crippen LogP contribution in [0.25, 0.3) is 10.8 Å². The van der Waals surface area contributed by atoms with Gasteiger partial charge in [-0.2, -0.15) is 0 Å². The number of aryl methyl sites for hydroxylation is 1. The molecule has 1 N–H and O–H groups in total. The second-order valence-corrected chi connectivity index (χ2v) is 5.90. The van der Waals surface area contributed by atoms with E-state index >= 15 is 0 Å². The Bertz CT molecular complexity index is 540. The molecule has 0 radical (unpaired) electrons. The zero-order valence-corrected chi connectivity index (χ0v) is 11.6. The molecule has 0 spiro atoms. The van der Waals surface area contributed by atoms with Gasteiger partial charge in [0.05, 0.1) is 12.0 Å². The van der Waals surface area contributed by atoms with Gasteiger partial charge >= 0.3 is 0 Å². The minimum Gasteiger partial charge on any atom is -0.462 e. The van der Waals surface area contributed by atoms with Gasteiger partial charge in [0.25, 0.3) is 0 Å². The van der Waals surface area contributed by atoms with Crippen molar-refractivity contribution < 1.29 is 4.42 Å². The zero-order chi connectivity index (χ0) is 12.5. The average molecular weight is 262 g/mol. The molecule has 1 fully saturated rings. The van der Waals surface area contributed by atoms with Gasteiger partial charge < -0.3 is 9.73 Å². The van der Waals surface area contributed by atoms with Gasteiger partial charge in [-0.1, -0.05) is 6.92 Å². The van der Waals surface area contributed by atoms with E-state index < -0.39 is 0 Å². The van der Waals surface area contributed by atoms with Crippen molar-refractivity contribution in [3.05, 3.63) is 28.5 Å². The fourth-order valence-electron chi connectivity index (χ4n) is 2.09. The first-order valence-electron chi connectivity index (χ1n) is 6.54. The first-order valence-corrected chi connectivity index (χ1v) is 7.36. The molecular formula is C14H18N2OS. The minimum atomic E-state index is 0.693. The van der Waals surface area contributed by atoms with Crippen LogP contribution in [0.4, 0.5) is 0 Å². The highest BCUT2D eigenvalue weighted by Gasteiger charge is 2.30. The van der Waals surface area contributed by atoms with Crippen LogP contribution >= 0.6 is 11.3 Å². The summed E-state index contributed by atoms with van der Waals surface area (Å²) in [6.45, 7) is 6.13. The molecule has 2 aromatic rings. The van der Waals surface area contributed by atoms with Crippen molar-refractivity contribution >= 4 is 11.3 Å². The quantitative estimate of drug-likeness (QED) is 0.893. The summed E-state index contributed by atoms with van der Waals surface area (Å²) in [6.07, 6.45) is 4.33. The summed E-state index contributed by atoms with van der Waals surface area (Å²) in [7, 11) is 0. The molecule has 0 unspecified atom stereocenters. The summed E-state index contributed by atoms with van der Waals surface area (Å²) in [5.41, 5.74) is 2.47. The van der Waals surface area contributed by atoms with Crippen molar-refractivity contribution in [3.8, 4) is 10.8 Å². The summed E-state index contributed by atoms with van der Waals surface area (Å²) < 4.78 is 5.55. The van der Waals surface area contributed by atoms with E-state index in [1.165, 1.54) is 29.0 Å². The van der Waals surface area contributed by atoms with Crippen molar-refractivity contribution in [2.75, 3.05) is 6.54 Å². The van der Waals surface area contributed by atoms with Gasteiger partial charge in [-0.05, 0) is 37.9 Å². The monoisotopic (exact) mass is 262 g/mol. The van der Waals surface area contributed by atoms with Crippen LogP contribution in [-0.4, -0.2) is 11.5 Å². The fourth-order valence-corrected chi connectivity index (χ4v) is 3.26. The van der Waals surface area contributed by atoms with E-state index in [1.807, 2.05) is 6.07 Å². The van der Waals surface area contributed by atoms with E-state index in [9.17, 15) is 0 Å². The Kier molecular flexibility index (Phi) is 3.22. The van der Waals surface area contributed by atoms with Crippen molar-refractivity contribution in [3.63, 3.8) is 0 Å². The SMILES string of the molecule is CCNCc1sc(-c2occc2C)nc1C1CC1. The summed E-state index contributed by atoms with van der Waals surface area (Å²) in [5.74, 6) is 1.63. The van der Waals surface area contributed by atoms with Gasteiger partial charge in [0.1, 0.15) is 0 Å². The lowest BCUT2D eigenvalue weighted by Crippen LogP contribution is -2.11. The van der Waals surface area contributed by atoms with Crippen LogP contribution in [0.5, 0.6) is 0 Å². The van der Waals surface area contributed by atoms with E-state index in [4.69, 9.17) is 9.40 Å². The maximum atomic E-state index is 5.55. The molecule has 0 saturated heterocycles. The first-order chi connectivity index (χ1) is 8.79. The summed E-state index contributed by atoms with van der Waals surface area (Å²) >= 11 is 1.77. The number of rotatable bonds is 5. The molecule has 2 aromatic heterocycles. The third-order valence-corrected chi connectivity index (χ3v) is 4.35. The largest absolute Gasteiger partial charge is 0.462 e. The number of nitrogens with one attached hydrogen (secondary N) is 1. The van der Waals surface area contributed by atoms with Gasteiger partial charge in [-0.25, -0.2) is 4.98 Å². The van der Waals surface area contributed by atoms with Crippen LogP contribution in [0.1, 0.15) is 41.8 Å². The molecule has 0 aromatic carbocycles. The predicted octanol–water partition coefficient (Wildman–Crippen LogP) is 3.70. The van der Waals surface area contributed by atoms with Crippen molar-refractivity contribution in [2.45, 2.75) is 39.2 Å². The van der Waals surface area contributed by atoms with E-state index in [2.05, 4.69) is 19.2 Å². The Morgan fingerprint density at radius 2 is 2.33 bits per heavy atom. The first kappa shape index (κ1) is 11.9. The summed E-state index contributed by atoms with van der Waals surface area (Å²) in [4.78, 5) is 6.19. The second-order valence-electron chi connectivity index (χ2n) is 4.81. The number of aromatic nitrogens is 1. The van der Waals surface area contributed by atoms with Crippen LogP contribution in [0.15, 0.2) is 16.7 Å². The Balaban J connectivity index is 1.94. The Hall–Kier alpha value is -1.13. The maximum Gasteiger partial charge on any atom is 0.165 e. The minimum absolute atomic E-state index is 0.693. The van der Waals surface area contributed by atoms with Crippen LogP contribution in [-0.2, 0) is 6.54 Å². The molecule has 3 rings (SSSR count). The molecule has 0 amide bonds. The van der Waals surface area contributed by atoms with Gasteiger partial charge in [-0.15, -0.1) is 11.3 Å². The predicted molar refractivity (Wildman–Crippen MR) is 73.9 cm³/mol. The maximum absolute atomic E-state index is 5.55. The zero-order valence-electron chi connectivity index (χ0n) is 10.8. The Labute approximate surface area is 111 Å². The van der Waals surface area contributed by atoms with Crippen LogP contribution in [0, 0.1) is 6.92 Å². The van der Waals surface area contributed by atoms with Gasteiger partial charge in [0.2, 0.25) is 0 Å². The standard InChI is InChI=1S/C14H18N2OS/c1-3-15-8-11-12(10-4-5-10)16-14(18-11)13-9(2)6-7-17-13/h6-7,10,15H,3-5,8H2,1-2H3.